The molecule has 1 atom stereocenters. The van der Waals surface area contributed by atoms with Crippen LogP contribution in [0.5, 0.6) is 0 Å². The molecule has 10 heteroatoms. The summed E-state index contributed by atoms with van der Waals surface area (Å²) in [6, 6.07) is 7.86. The van der Waals surface area contributed by atoms with Gasteiger partial charge in [-0.25, -0.2) is 21.6 Å². The molecule has 1 unspecified atom stereocenters. The van der Waals surface area contributed by atoms with E-state index in [1.54, 1.807) is 0 Å². The molecule has 168 valence electrons. The quantitative estimate of drug-likeness (QED) is 0.401. The number of aromatic nitrogens is 1. The summed E-state index contributed by atoms with van der Waals surface area (Å²) in [4.78, 5) is 15.9. The lowest BCUT2D eigenvalue weighted by molar-refractivity contribution is 0.0951. The minimum Gasteiger partial charge on any atom is -0.350 e. The molecule has 1 N–H and O–H groups in total. The van der Waals surface area contributed by atoms with Gasteiger partial charge >= 0.3 is 0 Å². The number of carbonyl (C=O) groups excluding carboxylic acids is 1. The van der Waals surface area contributed by atoms with E-state index in [9.17, 15) is 26.4 Å². The molecule has 0 bridgehead atoms. The molecule has 2 aromatic carbocycles. The Bertz CT molecular complexity index is 1250. The van der Waals surface area contributed by atoms with E-state index in [2.05, 4.69) is 10.3 Å². The molecular formula is C22H18ClF3N2O3S. The predicted molar refractivity (Wildman–Crippen MR) is 114 cm³/mol. The number of hydrogen-bond donors (Lipinski definition) is 1. The van der Waals surface area contributed by atoms with Crippen LogP contribution in [0.3, 0.4) is 0 Å². The number of sulfone groups is 1. The number of amides is 1. The second-order valence-corrected chi connectivity index (χ2v) is 9.33. The van der Waals surface area contributed by atoms with E-state index in [-0.39, 0.29) is 28.6 Å². The van der Waals surface area contributed by atoms with Gasteiger partial charge in [0.1, 0.15) is 28.4 Å². The highest BCUT2D eigenvalue weighted by Crippen LogP contribution is 2.38. The number of nitrogens with zero attached hydrogens (tertiary/aromatic N) is 1. The van der Waals surface area contributed by atoms with Gasteiger partial charge in [0.25, 0.3) is 5.91 Å². The topological polar surface area (TPSA) is 76.1 Å². The van der Waals surface area contributed by atoms with Crippen LogP contribution in [0.15, 0.2) is 59.6 Å². The SMILES string of the molecule is Cc1cc(C(=O)NCCCl)ncc1C(c1cc(F)ccc1F)S(=O)(=O)c1ccc(F)cc1. The first-order valence-corrected chi connectivity index (χ1v) is 11.5. The Morgan fingerprint density at radius 3 is 2.31 bits per heavy atom. The fourth-order valence-electron chi connectivity index (χ4n) is 3.19. The van der Waals surface area contributed by atoms with E-state index in [4.69, 9.17) is 11.6 Å². The van der Waals surface area contributed by atoms with Gasteiger partial charge in [-0.05, 0) is 66.6 Å². The Kier molecular flexibility index (Phi) is 7.20. The number of benzene rings is 2. The van der Waals surface area contributed by atoms with Crippen LogP contribution >= 0.6 is 11.6 Å². The number of alkyl halides is 1. The van der Waals surface area contributed by atoms with Crippen molar-refractivity contribution >= 4 is 27.3 Å². The first-order chi connectivity index (χ1) is 15.1. The standard InChI is InChI=1S/C22H18ClF3N2O3S/c1-13-10-20(22(29)27-9-8-23)28-12-18(13)21(17-11-15(25)4-7-19(17)26)32(30,31)16-5-2-14(24)3-6-16/h2-7,10-12,21H,8-9H2,1H3,(H,27,29). The highest BCUT2D eigenvalue weighted by atomic mass is 35.5. The molecule has 1 heterocycles. The van der Waals surface area contributed by atoms with Gasteiger partial charge in [0, 0.05) is 24.2 Å². The lowest BCUT2D eigenvalue weighted by Crippen LogP contribution is -2.26. The maximum Gasteiger partial charge on any atom is 0.269 e. The lowest BCUT2D eigenvalue weighted by atomic mass is 10.0. The van der Waals surface area contributed by atoms with Gasteiger partial charge in [-0.3, -0.25) is 9.78 Å². The minimum atomic E-state index is -4.36. The Balaban J connectivity index is 2.19. The van der Waals surface area contributed by atoms with Crippen molar-refractivity contribution in [2.45, 2.75) is 17.1 Å². The molecular weight excluding hydrogens is 465 g/mol. The third-order valence-electron chi connectivity index (χ3n) is 4.74. The highest BCUT2D eigenvalue weighted by molar-refractivity contribution is 7.92. The average molecular weight is 483 g/mol. The zero-order valence-electron chi connectivity index (χ0n) is 16.8. The summed E-state index contributed by atoms with van der Waals surface area (Å²) in [6.07, 6.45) is 1.14. The van der Waals surface area contributed by atoms with Crippen LogP contribution in [0.4, 0.5) is 13.2 Å². The first kappa shape index (κ1) is 23.7. The molecule has 32 heavy (non-hydrogen) atoms. The van der Waals surface area contributed by atoms with Gasteiger partial charge in [-0.2, -0.15) is 0 Å². The number of carbonyl (C=O) groups is 1. The van der Waals surface area contributed by atoms with Crippen LogP contribution in [0.1, 0.15) is 32.4 Å². The molecule has 0 aliphatic heterocycles. The van der Waals surface area contributed by atoms with E-state index in [1.807, 2.05) is 0 Å². The number of pyridine rings is 1. The maximum absolute atomic E-state index is 14.7. The summed E-state index contributed by atoms with van der Waals surface area (Å²) in [7, 11) is -4.36. The van der Waals surface area contributed by atoms with E-state index < -0.39 is 44.0 Å². The number of hydrogen-bond acceptors (Lipinski definition) is 4. The fraction of sp³-hybridized carbons (Fsp3) is 0.182. The summed E-state index contributed by atoms with van der Waals surface area (Å²) in [5.41, 5.74) is -0.0596. The summed E-state index contributed by atoms with van der Waals surface area (Å²) in [5, 5.41) is 0.853. The first-order valence-electron chi connectivity index (χ1n) is 9.40. The second-order valence-electron chi connectivity index (χ2n) is 6.92. The zero-order chi connectivity index (χ0) is 23.5. The Morgan fingerprint density at radius 1 is 1.03 bits per heavy atom. The Hall–Kier alpha value is -2.91. The van der Waals surface area contributed by atoms with Gasteiger partial charge in [0.15, 0.2) is 9.84 Å². The largest absolute Gasteiger partial charge is 0.350 e. The van der Waals surface area contributed by atoms with Crippen LogP contribution in [-0.4, -0.2) is 31.7 Å². The van der Waals surface area contributed by atoms with Crippen LogP contribution < -0.4 is 5.32 Å². The van der Waals surface area contributed by atoms with Gasteiger partial charge in [-0.15, -0.1) is 11.6 Å². The molecule has 0 aliphatic carbocycles. The normalized spacial score (nSPS) is 12.4. The number of rotatable bonds is 7. The van der Waals surface area contributed by atoms with Gasteiger partial charge in [0.05, 0.1) is 4.90 Å². The van der Waals surface area contributed by atoms with Crippen LogP contribution in [0.25, 0.3) is 0 Å². The summed E-state index contributed by atoms with van der Waals surface area (Å²) in [6.45, 7) is 1.73. The zero-order valence-corrected chi connectivity index (χ0v) is 18.4. The highest BCUT2D eigenvalue weighted by Gasteiger charge is 2.35. The van der Waals surface area contributed by atoms with E-state index >= 15 is 0 Å². The van der Waals surface area contributed by atoms with Crippen molar-refractivity contribution in [1.29, 1.82) is 0 Å². The number of nitrogens with one attached hydrogen (secondary N) is 1. The predicted octanol–water partition coefficient (Wildman–Crippen LogP) is 4.34. The molecule has 0 saturated heterocycles. The Labute approximate surface area is 188 Å². The van der Waals surface area contributed by atoms with E-state index in [0.29, 0.717) is 5.56 Å². The third kappa shape index (κ3) is 4.94. The molecule has 1 aromatic heterocycles. The van der Waals surface area contributed by atoms with Crippen molar-refractivity contribution in [3.63, 3.8) is 0 Å². The van der Waals surface area contributed by atoms with Crippen molar-refractivity contribution in [2.24, 2.45) is 0 Å². The van der Waals surface area contributed by atoms with E-state index in [0.717, 1.165) is 48.7 Å². The maximum atomic E-state index is 14.7. The van der Waals surface area contributed by atoms with Gasteiger partial charge in [-0.1, -0.05) is 0 Å². The minimum absolute atomic E-state index is 0.00834. The smallest absolute Gasteiger partial charge is 0.269 e. The van der Waals surface area contributed by atoms with E-state index in [1.165, 1.54) is 13.0 Å². The summed E-state index contributed by atoms with van der Waals surface area (Å²) in [5.74, 6) is -2.74. The molecule has 1 amide bonds. The molecule has 0 radical (unpaired) electrons. The lowest BCUT2D eigenvalue weighted by Gasteiger charge is -2.21. The molecule has 3 aromatic rings. The third-order valence-corrected chi connectivity index (χ3v) is 6.99. The van der Waals surface area contributed by atoms with Crippen molar-refractivity contribution in [1.82, 2.24) is 10.3 Å². The Morgan fingerprint density at radius 2 is 1.69 bits per heavy atom. The van der Waals surface area contributed by atoms with Gasteiger partial charge in [0.2, 0.25) is 0 Å². The number of halogens is 4. The van der Waals surface area contributed by atoms with Crippen molar-refractivity contribution in [3.8, 4) is 0 Å². The molecule has 0 aliphatic rings. The van der Waals surface area contributed by atoms with Crippen LogP contribution in [0, 0.1) is 24.4 Å². The molecule has 0 saturated carbocycles. The van der Waals surface area contributed by atoms with Gasteiger partial charge < -0.3 is 5.32 Å². The molecule has 0 spiro atoms. The van der Waals surface area contributed by atoms with Crippen molar-refractivity contribution in [3.05, 3.63) is 94.6 Å². The van der Waals surface area contributed by atoms with Crippen molar-refractivity contribution in [2.75, 3.05) is 12.4 Å². The summed E-state index contributed by atoms with van der Waals surface area (Å²) >= 11 is 5.55. The second kappa shape index (κ2) is 9.70. The van der Waals surface area contributed by atoms with Crippen molar-refractivity contribution < 1.29 is 26.4 Å². The molecule has 5 nitrogen and oxygen atoms in total. The molecule has 3 rings (SSSR count). The average Bonchev–Trinajstić information content (AvgIpc) is 2.75. The van der Waals surface area contributed by atoms with Crippen LogP contribution in [-0.2, 0) is 9.84 Å². The fourth-order valence-corrected chi connectivity index (χ4v) is 5.17. The monoisotopic (exact) mass is 482 g/mol. The number of aryl methyl sites for hydroxylation is 1. The molecule has 0 fully saturated rings. The summed E-state index contributed by atoms with van der Waals surface area (Å²) < 4.78 is 69.0. The van der Waals surface area contributed by atoms with Crippen LogP contribution in [0.2, 0.25) is 0 Å².